The number of allylic oxidation sites excluding steroid dienone is 3. The van der Waals surface area contributed by atoms with Gasteiger partial charge in [-0.1, -0.05) is 12.1 Å². The summed E-state index contributed by atoms with van der Waals surface area (Å²) >= 11 is 1.51. The fourth-order valence-corrected chi connectivity index (χ4v) is 6.67. The highest BCUT2D eigenvalue weighted by Crippen LogP contribution is 2.50. The predicted octanol–water partition coefficient (Wildman–Crippen LogP) is 4.71. The minimum Gasteiger partial charge on any atom is -0.384 e. The summed E-state index contributed by atoms with van der Waals surface area (Å²) in [6.07, 6.45) is 5.36. The van der Waals surface area contributed by atoms with Crippen LogP contribution in [-0.2, 0) is 17.6 Å². The van der Waals surface area contributed by atoms with Gasteiger partial charge >= 0.3 is 0 Å². The highest BCUT2D eigenvalue weighted by atomic mass is 32.1. The Bertz CT molecular complexity index is 1390. The Balaban J connectivity index is 1.76. The Morgan fingerprint density at radius 3 is 2.65 bits per heavy atom. The molecule has 1 aliphatic heterocycles. The number of nitro groups is 1. The Hall–Kier alpha value is -3.95. The van der Waals surface area contributed by atoms with Crippen LogP contribution >= 0.6 is 11.3 Å². The number of fused-ring (bicyclic) bond motifs is 1. The molecule has 0 radical (unpaired) electrons. The van der Waals surface area contributed by atoms with Gasteiger partial charge in [0.2, 0.25) is 0 Å². The zero-order chi connectivity index (χ0) is 24.0. The van der Waals surface area contributed by atoms with Crippen molar-refractivity contribution in [3.8, 4) is 12.1 Å². The molecule has 0 bridgehead atoms. The van der Waals surface area contributed by atoms with Crippen molar-refractivity contribution in [2.24, 2.45) is 5.73 Å². The number of thiophene rings is 1. The van der Waals surface area contributed by atoms with E-state index in [0.29, 0.717) is 46.7 Å². The number of anilines is 1. The molecule has 2 heterocycles. The van der Waals surface area contributed by atoms with Crippen molar-refractivity contribution in [1.29, 1.82) is 10.5 Å². The van der Waals surface area contributed by atoms with E-state index in [9.17, 15) is 25.4 Å². The summed E-state index contributed by atoms with van der Waals surface area (Å²) in [5.41, 5.74) is 9.93. The molecular formula is C25H21N5O3S. The molecule has 1 atom stereocenters. The summed E-state index contributed by atoms with van der Waals surface area (Å²) in [6, 6.07) is 10.6. The smallest absolute Gasteiger partial charge is 0.269 e. The van der Waals surface area contributed by atoms with E-state index < -0.39 is 10.8 Å². The molecule has 5 rings (SSSR count). The van der Waals surface area contributed by atoms with Crippen LogP contribution in [0.2, 0.25) is 0 Å². The zero-order valence-corrected chi connectivity index (χ0v) is 19.2. The fraction of sp³-hybridized carbons (Fsp3) is 0.320. The summed E-state index contributed by atoms with van der Waals surface area (Å²) in [4.78, 5) is 27.1. The summed E-state index contributed by atoms with van der Waals surface area (Å²) in [7, 11) is 0. The van der Waals surface area contributed by atoms with Crippen LogP contribution in [0.15, 0.2) is 46.9 Å². The molecule has 34 heavy (non-hydrogen) atoms. The SMILES string of the molecule is N#CC1=C(N)N(c2sc3c(c2C#N)CCCC3)C2=C(C(=O)CCC2)[C@@H]1c1cccc([N+](=O)[O-])c1. The molecule has 0 fully saturated rings. The lowest BCUT2D eigenvalue weighted by Gasteiger charge is -2.39. The lowest BCUT2D eigenvalue weighted by molar-refractivity contribution is -0.384. The van der Waals surface area contributed by atoms with E-state index in [4.69, 9.17) is 5.73 Å². The quantitative estimate of drug-likeness (QED) is 0.505. The molecule has 8 nitrogen and oxygen atoms in total. The molecule has 170 valence electrons. The Morgan fingerprint density at radius 2 is 1.91 bits per heavy atom. The van der Waals surface area contributed by atoms with Crippen molar-refractivity contribution in [2.45, 2.75) is 50.9 Å². The van der Waals surface area contributed by atoms with Crippen molar-refractivity contribution in [3.05, 3.63) is 78.6 Å². The summed E-state index contributed by atoms with van der Waals surface area (Å²) in [5, 5.41) is 32.2. The Labute approximate surface area is 200 Å². The lowest BCUT2D eigenvalue weighted by Crippen LogP contribution is -2.38. The van der Waals surface area contributed by atoms with Crippen LogP contribution in [-0.4, -0.2) is 10.7 Å². The van der Waals surface area contributed by atoms with Crippen molar-refractivity contribution < 1.29 is 9.72 Å². The Morgan fingerprint density at radius 1 is 1.12 bits per heavy atom. The number of carbonyl (C=O) groups excluding carboxylic acids is 1. The number of non-ortho nitro benzene ring substituents is 1. The van der Waals surface area contributed by atoms with Crippen LogP contribution in [0.5, 0.6) is 0 Å². The predicted molar refractivity (Wildman–Crippen MR) is 127 cm³/mol. The number of nitrogens with two attached hydrogens (primary N) is 1. The summed E-state index contributed by atoms with van der Waals surface area (Å²) in [5.74, 6) is -0.686. The molecular weight excluding hydrogens is 450 g/mol. The maximum atomic E-state index is 13.3. The molecule has 2 aliphatic carbocycles. The first-order valence-electron chi connectivity index (χ1n) is 11.2. The molecule has 0 saturated heterocycles. The standard InChI is InChI=1S/C25H21N5O3S/c26-12-17-16-7-1-2-10-21(16)34-25(17)29-19-8-4-9-20(31)23(19)22(18(13-27)24(29)28)14-5-3-6-15(11-14)30(32)33/h3,5-6,11,22H,1-2,4,7-10,28H2/t22-/m1/s1. The van der Waals surface area contributed by atoms with E-state index in [1.165, 1.54) is 23.5 Å². The second-order valence-corrected chi connectivity index (χ2v) is 9.75. The normalized spacial score (nSPS) is 19.9. The van der Waals surface area contributed by atoms with E-state index in [0.717, 1.165) is 36.1 Å². The molecule has 2 N–H and O–H groups in total. The van der Waals surface area contributed by atoms with Crippen LogP contribution < -0.4 is 10.6 Å². The third-order valence-corrected chi connectivity index (χ3v) is 8.07. The number of ketones is 1. The maximum Gasteiger partial charge on any atom is 0.269 e. The highest BCUT2D eigenvalue weighted by molar-refractivity contribution is 7.16. The van der Waals surface area contributed by atoms with Gasteiger partial charge in [-0.25, -0.2) is 0 Å². The average Bonchev–Trinajstić information content (AvgIpc) is 3.21. The second kappa shape index (κ2) is 8.44. The number of hydrogen-bond donors (Lipinski definition) is 1. The molecule has 0 amide bonds. The molecule has 9 heteroatoms. The number of nitro benzene ring substituents is 1. The van der Waals surface area contributed by atoms with Gasteiger partial charge in [-0.2, -0.15) is 10.5 Å². The van der Waals surface area contributed by atoms with Crippen molar-refractivity contribution >= 4 is 27.8 Å². The van der Waals surface area contributed by atoms with Crippen LogP contribution in [0.1, 0.15) is 59.6 Å². The number of carbonyl (C=O) groups is 1. The molecule has 3 aliphatic rings. The average molecular weight is 472 g/mol. The van der Waals surface area contributed by atoms with Gasteiger partial charge in [0, 0.05) is 34.7 Å². The van der Waals surface area contributed by atoms with E-state index >= 15 is 0 Å². The van der Waals surface area contributed by atoms with Gasteiger partial charge < -0.3 is 5.73 Å². The molecule has 0 spiro atoms. The van der Waals surface area contributed by atoms with Crippen molar-refractivity contribution in [2.75, 3.05) is 4.90 Å². The van der Waals surface area contributed by atoms with Crippen molar-refractivity contribution in [3.63, 3.8) is 0 Å². The first kappa shape index (κ1) is 21.9. The van der Waals surface area contributed by atoms with Gasteiger partial charge in [0.1, 0.15) is 16.9 Å². The Kier molecular flexibility index (Phi) is 5.43. The molecule has 2 aromatic rings. The second-order valence-electron chi connectivity index (χ2n) is 8.67. The summed E-state index contributed by atoms with van der Waals surface area (Å²) in [6.45, 7) is 0. The van der Waals surface area contributed by atoms with Gasteiger partial charge in [-0.15, -0.1) is 11.3 Å². The largest absolute Gasteiger partial charge is 0.384 e. The molecule has 0 saturated carbocycles. The van der Waals surface area contributed by atoms with E-state index in [1.807, 2.05) is 0 Å². The minimum atomic E-state index is -0.774. The number of nitriles is 2. The summed E-state index contributed by atoms with van der Waals surface area (Å²) < 4.78 is 0. The first-order chi connectivity index (χ1) is 16.5. The molecule has 1 aromatic carbocycles. The van der Waals surface area contributed by atoms with Gasteiger partial charge in [-0.3, -0.25) is 19.8 Å². The van der Waals surface area contributed by atoms with Gasteiger partial charge in [0.25, 0.3) is 5.69 Å². The molecule has 1 aromatic heterocycles. The van der Waals surface area contributed by atoms with Gasteiger partial charge in [0.15, 0.2) is 5.78 Å². The van der Waals surface area contributed by atoms with Gasteiger partial charge in [0.05, 0.1) is 28.0 Å². The van der Waals surface area contributed by atoms with Crippen LogP contribution in [0.3, 0.4) is 0 Å². The van der Waals surface area contributed by atoms with Crippen LogP contribution in [0, 0.1) is 32.8 Å². The van der Waals surface area contributed by atoms with Gasteiger partial charge in [-0.05, 0) is 49.7 Å². The third-order valence-electron chi connectivity index (χ3n) is 6.80. The first-order valence-corrected chi connectivity index (χ1v) is 12.0. The number of rotatable bonds is 3. The van der Waals surface area contributed by atoms with Crippen LogP contribution in [0.25, 0.3) is 0 Å². The zero-order valence-electron chi connectivity index (χ0n) is 18.3. The number of aryl methyl sites for hydroxylation is 1. The van der Waals surface area contributed by atoms with E-state index in [1.54, 1.807) is 17.0 Å². The third kappa shape index (κ3) is 3.28. The van der Waals surface area contributed by atoms with E-state index in [-0.39, 0.29) is 22.9 Å². The highest BCUT2D eigenvalue weighted by Gasteiger charge is 2.42. The number of nitrogens with zero attached hydrogens (tertiary/aromatic N) is 4. The fourth-order valence-electron chi connectivity index (χ4n) is 5.29. The number of hydrogen-bond acceptors (Lipinski definition) is 8. The topological polar surface area (TPSA) is 137 Å². The number of benzene rings is 1. The minimum absolute atomic E-state index is 0.0946. The van der Waals surface area contributed by atoms with Crippen LogP contribution in [0.4, 0.5) is 10.7 Å². The molecule has 0 unspecified atom stereocenters. The maximum absolute atomic E-state index is 13.3. The lowest BCUT2D eigenvalue weighted by atomic mass is 9.75. The van der Waals surface area contributed by atoms with Crippen molar-refractivity contribution in [1.82, 2.24) is 0 Å². The number of Topliss-reactive ketones (excluding diaryl/α,β-unsaturated/α-hetero) is 1. The van der Waals surface area contributed by atoms with E-state index in [2.05, 4.69) is 12.1 Å². The monoisotopic (exact) mass is 471 g/mol.